The van der Waals surface area contributed by atoms with Gasteiger partial charge in [-0.2, -0.15) is 0 Å². The molecule has 0 atom stereocenters. The van der Waals surface area contributed by atoms with Gasteiger partial charge >= 0.3 is 0 Å². The summed E-state index contributed by atoms with van der Waals surface area (Å²) in [6.07, 6.45) is 6.98. The first-order chi connectivity index (χ1) is 9.13. The average Bonchev–Trinajstić information content (AvgIpc) is 2.64. The van der Waals surface area contributed by atoms with Crippen LogP contribution in [0.15, 0.2) is 0 Å². The van der Waals surface area contributed by atoms with Crippen molar-refractivity contribution in [1.29, 1.82) is 0 Å². The number of nitrogens with two attached hydrogens (primary N) is 1. The van der Waals surface area contributed by atoms with Crippen LogP contribution >= 0.6 is 0 Å². The molecule has 2 rings (SSSR count). The Hall–Kier alpha value is -1.00. The van der Waals surface area contributed by atoms with E-state index in [1.54, 1.807) is 7.11 Å². The number of ether oxygens (including phenoxy) is 1. The maximum absolute atomic E-state index is 5.87. The third kappa shape index (κ3) is 2.79. The van der Waals surface area contributed by atoms with Crippen molar-refractivity contribution >= 4 is 0 Å². The fourth-order valence-electron chi connectivity index (χ4n) is 3.06. The van der Waals surface area contributed by atoms with Crippen LogP contribution in [0.4, 0.5) is 0 Å². The molecule has 1 heterocycles. The Kier molecular flexibility index (Phi) is 4.53. The molecule has 0 aliphatic heterocycles. The highest BCUT2D eigenvalue weighted by Crippen LogP contribution is 2.37. The Balaban J connectivity index is 2.42. The summed E-state index contributed by atoms with van der Waals surface area (Å²) in [6, 6.07) is 0. The number of aromatic nitrogens is 2. The first-order valence-electron chi connectivity index (χ1n) is 7.23. The van der Waals surface area contributed by atoms with E-state index in [9.17, 15) is 0 Å². The van der Waals surface area contributed by atoms with Gasteiger partial charge in [0.05, 0.1) is 0 Å². The second-order valence-corrected chi connectivity index (χ2v) is 5.51. The van der Waals surface area contributed by atoms with Crippen molar-refractivity contribution in [3.63, 3.8) is 0 Å². The molecule has 1 aromatic heterocycles. The largest absolute Gasteiger partial charge is 0.370 e. The van der Waals surface area contributed by atoms with Gasteiger partial charge in [-0.3, -0.25) is 0 Å². The van der Waals surface area contributed by atoms with Crippen LogP contribution in [0.2, 0.25) is 0 Å². The van der Waals surface area contributed by atoms with Crippen molar-refractivity contribution in [2.75, 3.05) is 7.11 Å². The second kappa shape index (κ2) is 5.97. The van der Waals surface area contributed by atoms with Crippen LogP contribution in [0.5, 0.6) is 0 Å². The molecule has 4 heteroatoms. The van der Waals surface area contributed by atoms with Crippen LogP contribution in [0.1, 0.15) is 61.3 Å². The number of hydrogen-bond acceptors (Lipinski definition) is 4. The first kappa shape index (κ1) is 14.4. The normalized spacial score (nSPS) is 19.2. The lowest BCUT2D eigenvalue weighted by atomic mass is 9.92. The third-order valence-corrected chi connectivity index (χ3v) is 4.33. The Morgan fingerprint density at radius 1 is 1.05 bits per heavy atom. The lowest BCUT2D eigenvalue weighted by molar-refractivity contribution is -0.0354. The molecular weight excluding hydrogens is 238 g/mol. The molecule has 4 nitrogen and oxygen atoms in total. The van der Waals surface area contributed by atoms with E-state index in [1.807, 2.05) is 13.8 Å². The lowest BCUT2D eigenvalue weighted by Gasteiger charge is -2.30. The van der Waals surface area contributed by atoms with Crippen molar-refractivity contribution in [2.24, 2.45) is 5.73 Å². The maximum Gasteiger partial charge on any atom is 0.160 e. The minimum Gasteiger partial charge on any atom is -0.370 e. The number of nitrogens with zero attached hydrogens (tertiary/aromatic N) is 2. The van der Waals surface area contributed by atoms with E-state index in [-0.39, 0.29) is 5.60 Å². The van der Waals surface area contributed by atoms with E-state index in [2.05, 4.69) is 0 Å². The van der Waals surface area contributed by atoms with Gasteiger partial charge in [-0.1, -0.05) is 25.7 Å². The van der Waals surface area contributed by atoms with Crippen molar-refractivity contribution in [2.45, 2.75) is 64.5 Å². The molecule has 0 amide bonds. The van der Waals surface area contributed by atoms with Crippen LogP contribution in [0.25, 0.3) is 0 Å². The second-order valence-electron chi connectivity index (χ2n) is 5.51. The average molecular weight is 263 g/mol. The summed E-state index contributed by atoms with van der Waals surface area (Å²) < 4.78 is 5.87. The molecule has 0 aromatic carbocycles. The zero-order valence-corrected chi connectivity index (χ0v) is 12.3. The third-order valence-electron chi connectivity index (χ3n) is 4.33. The minimum atomic E-state index is -0.293. The summed E-state index contributed by atoms with van der Waals surface area (Å²) in [5, 5.41) is 0. The summed E-state index contributed by atoms with van der Waals surface area (Å²) in [6.45, 7) is 4.53. The number of aryl methyl sites for hydroxylation is 2. The highest BCUT2D eigenvalue weighted by Gasteiger charge is 2.36. The fourth-order valence-corrected chi connectivity index (χ4v) is 3.06. The van der Waals surface area contributed by atoms with Gasteiger partial charge in [0, 0.05) is 30.6 Å². The number of rotatable bonds is 3. The molecule has 1 aromatic rings. The highest BCUT2D eigenvalue weighted by molar-refractivity contribution is 5.25. The molecule has 1 aliphatic carbocycles. The van der Waals surface area contributed by atoms with Crippen LogP contribution in [0.3, 0.4) is 0 Å². The molecule has 106 valence electrons. The van der Waals surface area contributed by atoms with Crippen LogP contribution in [-0.2, 0) is 16.9 Å². The molecule has 19 heavy (non-hydrogen) atoms. The predicted molar refractivity (Wildman–Crippen MR) is 75.8 cm³/mol. The quantitative estimate of drug-likeness (QED) is 0.852. The Bertz CT molecular complexity index is 414. The molecule has 0 radical (unpaired) electrons. The summed E-state index contributed by atoms with van der Waals surface area (Å²) in [7, 11) is 1.79. The van der Waals surface area contributed by atoms with Crippen molar-refractivity contribution in [3.05, 3.63) is 22.8 Å². The standard InChI is InChI=1S/C15H25N3O/c1-11-13(10-16)12(2)18-14(17-11)15(19-3)8-6-4-5-7-9-15/h4-10,16H2,1-3H3. The van der Waals surface area contributed by atoms with Gasteiger partial charge in [-0.05, 0) is 26.7 Å². The van der Waals surface area contributed by atoms with Crippen molar-refractivity contribution in [1.82, 2.24) is 9.97 Å². The Morgan fingerprint density at radius 2 is 1.58 bits per heavy atom. The predicted octanol–water partition coefficient (Wildman–Crippen LogP) is 2.75. The van der Waals surface area contributed by atoms with Gasteiger partial charge in [0.1, 0.15) is 5.60 Å². The van der Waals surface area contributed by atoms with E-state index < -0.39 is 0 Å². The lowest BCUT2D eigenvalue weighted by Crippen LogP contribution is -2.31. The zero-order valence-electron chi connectivity index (χ0n) is 12.3. The zero-order chi connectivity index (χ0) is 13.9. The van der Waals surface area contributed by atoms with Gasteiger partial charge in [-0.15, -0.1) is 0 Å². The summed E-state index contributed by atoms with van der Waals surface area (Å²) >= 11 is 0. The van der Waals surface area contributed by atoms with Gasteiger partial charge in [-0.25, -0.2) is 9.97 Å². The maximum atomic E-state index is 5.87. The van der Waals surface area contributed by atoms with E-state index >= 15 is 0 Å². The Labute approximate surface area is 115 Å². The van der Waals surface area contributed by atoms with Crippen molar-refractivity contribution < 1.29 is 4.74 Å². The van der Waals surface area contributed by atoms with Crippen LogP contribution in [0, 0.1) is 13.8 Å². The molecule has 0 saturated heterocycles. The molecule has 0 spiro atoms. The molecule has 2 N–H and O–H groups in total. The topological polar surface area (TPSA) is 61.0 Å². The molecule has 0 unspecified atom stereocenters. The first-order valence-corrected chi connectivity index (χ1v) is 7.23. The summed E-state index contributed by atoms with van der Waals surface area (Å²) in [4.78, 5) is 9.39. The van der Waals surface area contributed by atoms with Gasteiger partial charge in [0.25, 0.3) is 0 Å². The van der Waals surface area contributed by atoms with Gasteiger partial charge in [0.15, 0.2) is 5.82 Å². The van der Waals surface area contributed by atoms with Crippen LogP contribution < -0.4 is 5.73 Å². The van der Waals surface area contributed by atoms with E-state index in [1.165, 1.54) is 25.7 Å². The smallest absolute Gasteiger partial charge is 0.160 e. The van der Waals surface area contributed by atoms with E-state index in [0.717, 1.165) is 35.6 Å². The van der Waals surface area contributed by atoms with Gasteiger partial charge < -0.3 is 10.5 Å². The number of hydrogen-bond donors (Lipinski definition) is 1. The molecule has 1 aliphatic rings. The Morgan fingerprint density at radius 3 is 2.00 bits per heavy atom. The molecular formula is C15H25N3O. The fraction of sp³-hybridized carbons (Fsp3) is 0.733. The summed E-state index contributed by atoms with van der Waals surface area (Å²) in [5.41, 5.74) is 8.51. The van der Waals surface area contributed by atoms with Crippen LogP contribution in [-0.4, -0.2) is 17.1 Å². The van der Waals surface area contributed by atoms with Gasteiger partial charge in [0.2, 0.25) is 0 Å². The molecule has 1 fully saturated rings. The van der Waals surface area contributed by atoms with E-state index in [4.69, 9.17) is 20.4 Å². The number of methoxy groups -OCH3 is 1. The van der Waals surface area contributed by atoms with E-state index in [0.29, 0.717) is 6.54 Å². The molecule has 0 bridgehead atoms. The highest BCUT2D eigenvalue weighted by atomic mass is 16.5. The minimum absolute atomic E-state index is 0.293. The molecule has 1 saturated carbocycles. The summed E-state index contributed by atoms with van der Waals surface area (Å²) in [5.74, 6) is 0.851. The van der Waals surface area contributed by atoms with Crippen molar-refractivity contribution in [3.8, 4) is 0 Å². The monoisotopic (exact) mass is 263 g/mol. The SMILES string of the molecule is COC1(c2nc(C)c(CN)c(C)n2)CCCCCC1.